The zero-order valence-electron chi connectivity index (χ0n) is 11.6. The molecule has 0 unspecified atom stereocenters. The third-order valence-electron chi connectivity index (χ3n) is 3.04. The second-order valence-electron chi connectivity index (χ2n) is 4.59. The lowest BCUT2D eigenvalue weighted by Crippen LogP contribution is -2.11. The molecule has 7 nitrogen and oxygen atoms in total. The number of fused-ring (bicyclic) bond motifs is 1. The molecule has 0 bridgehead atoms. The fourth-order valence-corrected chi connectivity index (χ4v) is 2.86. The van der Waals surface area contributed by atoms with Crippen LogP contribution in [-0.4, -0.2) is 26.1 Å². The van der Waals surface area contributed by atoms with Crippen LogP contribution in [0.4, 0.5) is 6.01 Å². The lowest BCUT2D eigenvalue weighted by Gasteiger charge is -1.95. The van der Waals surface area contributed by atoms with Gasteiger partial charge in [0.2, 0.25) is 0 Å². The molecule has 4 aromatic rings. The van der Waals surface area contributed by atoms with Gasteiger partial charge in [0.05, 0.1) is 15.8 Å². The Kier molecular flexibility index (Phi) is 3.28. The highest BCUT2D eigenvalue weighted by molar-refractivity contribution is 7.20. The number of rotatable bonds is 3. The van der Waals surface area contributed by atoms with E-state index in [0.717, 1.165) is 10.2 Å². The van der Waals surface area contributed by atoms with Crippen LogP contribution in [0.5, 0.6) is 0 Å². The smallest absolute Gasteiger partial charge is 0.322 e. The summed E-state index contributed by atoms with van der Waals surface area (Å²) in [5.41, 5.74) is 1.46. The molecule has 0 radical (unpaired) electrons. The number of carbonyl (C=O) groups excluding carboxylic acids is 1. The van der Waals surface area contributed by atoms with Crippen LogP contribution in [0, 0.1) is 0 Å². The average Bonchev–Trinajstić information content (AvgIpc) is 3.22. The molecular formula is C15H9N5O2S. The number of thiazole rings is 1. The number of nitrogens with zero attached hydrogens (tertiary/aromatic N) is 4. The van der Waals surface area contributed by atoms with Crippen molar-refractivity contribution in [1.82, 2.24) is 20.2 Å². The highest BCUT2D eigenvalue weighted by Gasteiger charge is 2.16. The molecule has 23 heavy (non-hydrogen) atoms. The summed E-state index contributed by atoms with van der Waals surface area (Å²) in [6.45, 7) is 0. The molecule has 0 aliphatic rings. The van der Waals surface area contributed by atoms with Gasteiger partial charge in [-0.15, -0.1) is 16.4 Å². The van der Waals surface area contributed by atoms with Gasteiger partial charge in [0, 0.05) is 12.4 Å². The van der Waals surface area contributed by atoms with Gasteiger partial charge in [-0.25, -0.2) is 4.98 Å². The molecule has 0 saturated carbocycles. The fourth-order valence-electron chi connectivity index (χ4n) is 2.00. The highest BCUT2D eigenvalue weighted by Crippen LogP contribution is 2.23. The van der Waals surface area contributed by atoms with Crippen molar-refractivity contribution in [2.45, 2.75) is 0 Å². The number of hydrogen-bond donors (Lipinski definition) is 1. The van der Waals surface area contributed by atoms with Crippen molar-refractivity contribution in [3.63, 3.8) is 0 Å². The maximum absolute atomic E-state index is 12.2. The molecule has 0 aliphatic heterocycles. The summed E-state index contributed by atoms with van der Waals surface area (Å²) in [6.07, 6.45) is 3.25. The van der Waals surface area contributed by atoms with Crippen LogP contribution in [0.3, 0.4) is 0 Å². The van der Waals surface area contributed by atoms with E-state index in [-0.39, 0.29) is 17.8 Å². The number of anilines is 1. The van der Waals surface area contributed by atoms with Crippen molar-refractivity contribution in [1.29, 1.82) is 0 Å². The Bertz CT molecular complexity index is 947. The number of aromatic nitrogens is 4. The number of amides is 1. The van der Waals surface area contributed by atoms with Crippen molar-refractivity contribution in [2.75, 3.05) is 5.32 Å². The Labute approximate surface area is 134 Å². The van der Waals surface area contributed by atoms with Crippen LogP contribution in [0.1, 0.15) is 9.80 Å². The van der Waals surface area contributed by atoms with E-state index >= 15 is 0 Å². The van der Waals surface area contributed by atoms with Crippen LogP contribution < -0.4 is 5.32 Å². The Balaban J connectivity index is 1.56. The minimum atomic E-state index is -0.382. The van der Waals surface area contributed by atoms with Gasteiger partial charge >= 0.3 is 6.01 Å². The number of hydrogen-bond acceptors (Lipinski definition) is 7. The van der Waals surface area contributed by atoms with Crippen molar-refractivity contribution in [2.24, 2.45) is 0 Å². The fraction of sp³-hybridized carbons (Fsp3) is 0. The highest BCUT2D eigenvalue weighted by atomic mass is 32.1. The summed E-state index contributed by atoms with van der Waals surface area (Å²) >= 11 is 1.30. The Morgan fingerprint density at radius 2 is 2.04 bits per heavy atom. The Morgan fingerprint density at radius 1 is 1.13 bits per heavy atom. The van der Waals surface area contributed by atoms with Crippen LogP contribution in [-0.2, 0) is 0 Å². The number of nitrogens with one attached hydrogen (secondary N) is 1. The molecule has 0 spiro atoms. The average molecular weight is 323 g/mol. The molecule has 0 fully saturated rings. The third kappa shape index (κ3) is 2.67. The minimum Gasteiger partial charge on any atom is -0.403 e. The second kappa shape index (κ2) is 5.58. The standard InChI is InChI=1S/C15H9N5O2S/c21-12(14-17-10-5-1-2-6-11(10)23-14)18-15-20-19-13(22-15)9-4-3-7-16-8-9/h1-8H,(H,18,20,21). The second-order valence-corrected chi connectivity index (χ2v) is 5.63. The van der Waals surface area contributed by atoms with E-state index in [9.17, 15) is 4.79 Å². The van der Waals surface area contributed by atoms with Gasteiger partial charge in [-0.05, 0) is 24.3 Å². The molecule has 0 saturated heterocycles. The number of para-hydroxylation sites is 1. The molecular weight excluding hydrogens is 314 g/mol. The predicted molar refractivity (Wildman–Crippen MR) is 85.1 cm³/mol. The molecule has 112 valence electrons. The van der Waals surface area contributed by atoms with Crippen molar-refractivity contribution >= 4 is 33.5 Å². The van der Waals surface area contributed by atoms with Crippen molar-refractivity contribution < 1.29 is 9.21 Å². The predicted octanol–water partition coefficient (Wildman–Crippen LogP) is 2.99. The molecule has 1 N–H and O–H groups in total. The zero-order chi connectivity index (χ0) is 15.6. The maximum Gasteiger partial charge on any atom is 0.322 e. The Hall–Kier alpha value is -3.13. The quantitative estimate of drug-likeness (QED) is 0.623. The van der Waals surface area contributed by atoms with E-state index in [2.05, 4.69) is 25.5 Å². The monoisotopic (exact) mass is 323 g/mol. The summed E-state index contributed by atoms with van der Waals surface area (Å²) in [5, 5.41) is 10.6. The normalized spacial score (nSPS) is 10.8. The van der Waals surface area contributed by atoms with Crippen LogP contribution >= 0.6 is 11.3 Å². The molecule has 1 amide bonds. The van der Waals surface area contributed by atoms with E-state index in [1.165, 1.54) is 11.3 Å². The van der Waals surface area contributed by atoms with Crippen LogP contribution in [0.25, 0.3) is 21.7 Å². The lowest BCUT2D eigenvalue weighted by atomic mass is 10.3. The summed E-state index contributed by atoms with van der Waals surface area (Å²) in [7, 11) is 0. The summed E-state index contributed by atoms with van der Waals surface area (Å²) in [5.74, 6) is -0.0923. The van der Waals surface area contributed by atoms with Gasteiger partial charge in [-0.1, -0.05) is 17.2 Å². The van der Waals surface area contributed by atoms with Crippen molar-refractivity contribution in [3.05, 3.63) is 53.8 Å². The lowest BCUT2D eigenvalue weighted by molar-refractivity contribution is 0.102. The van der Waals surface area contributed by atoms with E-state index in [1.807, 2.05) is 24.3 Å². The molecule has 4 rings (SSSR count). The molecule has 8 heteroatoms. The Morgan fingerprint density at radius 3 is 2.87 bits per heavy atom. The first-order chi connectivity index (χ1) is 11.3. The molecule has 3 aromatic heterocycles. The topological polar surface area (TPSA) is 93.8 Å². The van der Waals surface area contributed by atoms with E-state index < -0.39 is 0 Å². The number of pyridine rings is 1. The first-order valence-electron chi connectivity index (χ1n) is 6.70. The third-order valence-corrected chi connectivity index (χ3v) is 4.08. The summed E-state index contributed by atoms with van der Waals surface area (Å²) in [6, 6.07) is 11.1. The molecule has 1 aromatic carbocycles. The molecule has 3 heterocycles. The maximum atomic E-state index is 12.2. The van der Waals surface area contributed by atoms with Gasteiger partial charge in [-0.3, -0.25) is 15.1 Å². The summed E-state index contributed by atoms with van der Waals surface area (Å²) < 4.78 is 6.36. The van der Waals surface area contributed by atoms with Crippen LogP contribution in [0.2, 0.25) is 0 Å². The first-order valence-corrected chi connectivity index (χ1v) is 7.52. The number of carbonyl (C=O) groups is 1. The largest absolute Gasteiger partial charge is 0.403 e. The van der Waals surface area contributed by atoms with Gasteiger partial charge < -0.3 is 4.42 Å². The minimum absolute atomic E-state index is 0.0214. The van der Waals surface area contributed by atoms with E-state index in [1.54, 1.807) is 24.5 Å². The molecule has 0 aliphatic carbocycles. The van der Waals surface area contributed by atoms with Crippen molar-refractivity contribution in [3.8, 4) is 11.5 Å². The van der Waals surface area contributed by atoms with Gasteiger partial charge in [0.1, 0.15) is 0 Å². The van der Waals surface area contributed by atoms with Gasteiger partial charge in [0.15, 0.2) is 5.01 Å². The molecule has 0 atom stereocenters. The van der Waals surface area contributed by atoms with Crippen LogP contribution in [0.15, 0.2) is 53.2 Å². The zero-order valence-corrected chi connectivity index (χ0v) is 12.4. The first kappa shape index (κ1) is 13.5. The van der Waals surface area contributed by atoms with E-state index in [0.29, 0.717) is 10.6 Å². The summed E-state index contributed by atoms with van der Waals surface area (Å²) in [4.78, 5) is 20.5. The SMILES string of the molecule is O=C(Nc1nnc(-c2cccnc2)o1)c1nc2ccccc2s1. The number of benzene rings is 1. The van der Waals surface area contributed by atoms with Gasteiger partial charge in [0.25, 0.3) is 11.8 Å². The van der Waals surface area contributed by atoms with Gasteiger partial charge in [-0.2, -0.15) is 0 Å². The van der Waals surface area contributed by atoms with E-state index in [4.69, 9.17) is 4.42 Å².